The van der Waals surface area contributed by atoms with Crippen molar-refractivity contribution in [3.63, 3.8) is 0 Å². The Morgan fingerprint density at radius 3 is 1.78 bits per heavy atom. The SMILES string of the molecule is CCCCCCCCCCCCCC(C(O)=S)c1ccccc1. The fourth-order valence-electron chi connectivity index (χ4n) is 3.13. The number of aliphatic hydroxyl groups is 1. The molecule has 0 aliphatic carbocycles. The maximum Gasteiger partial charge on any atom is 0.164 e. The zero-order chi connectivity index (χ0) is 16.8. The number of hydrogen-bond acceptors (Lipinski definition) is 1. The summed E-state index contributed by atoms with van der Waals surface area (Å²) in [5.74, 6) is 0.0322. The van der Waals surface area contributed by atoms with Gasteiger partial charge in [0, 0.05) is 0 Å². The second kappa shape index (κ2) is 13.5. The molecule has 1 nitrogen and oxygen atoms in total. The molecule has 0 heterocycles. The van der Waals surface area contributed by atoms with Gasteiger partial charge in [0.05, 0.1) is 5.92 Å². The molecule has 130 valence electrons. The fraction of sp³-hybridized carbons (Fsp3) is 0.667. The summed E-state index contributed by atoms with van der Waals surface area (Å²) in [4.78, 5) is 0. The highest BCUT2D eigenvalue weighted by Gasteiger charge is 2.15. The molecule has 0 saturated heterocycles. The smallest absolute Gasteiger partial charge is 0.164 e. The molecule has 0 spiro atoms. The summed E-state index contributed by atoms with van der Waals surface area (Å²) in [6, 6.07) is 10.2. The van der Waals surface area contributed by atoms with Crippen molar-refractivity contribution in [2.75, 3.05) is 0 Å². The van der Waals surface area contributed by atoms with E-state index in [2.05, 4.69) is 19.1 Å². The Balaban J connectivity index is 2.04. The molecule has 1 aromatic rings. The van der Waals surface area contributed by atoms with Crippen LogP contribution in [0.5, 0.6) is 0 Å². The van der Waals surface area contributed by atoms with Gasteiger partial charge in [0.1, 0.15) is 0 Å². The van der Waals surface area contributed by atoms with E-state index in [-0.39, 0.29) is 11.0 Å². The Hall–Kier alpha value is -0.890. The minimum absolute atomic E-state index is 0.0322. The van der Waals surface area contributed by atoms with E-state index >= 15 is 0 Å². The normalized spacial score (nSPS) is 12.2. The number of aliphatic hydroxyl groups excluding tert-OH is 1. The summed E-state index contributed by atoms with van der Waals surface area (Å²) in [5.41, 5.74) is 1.15. The fourth-order valence-corrected chi connectivity index (χ4v) is 3.38. The Bertz CT molecular complexity index is 402. The maximum atomic E-state index is 9.76. The highest BCUT2D eigenvalue weighted by molar-refractivity contribution is 7.80. The number of thiocarbonyl (C=S) groups is 1. The van der Waals surface area contributed by atoms with Crippen molar-refractivity contribution in [3.8, 4) is 0 Å². The minimum Gasteiger partial charge on any atom is -0.502 e. The van der Waals surface area contributed by atoms with Crippen molar-refractivity contribution in [3.05, 3.63) is 35.9 Å². The molecular formula is C21H34OS. The largest absolute Gasteiger partial charge is 0.502 e. The summed E-state index contributed by atoms with van der Waals surface area (Å²) in [6.07, 6.45) is 15.8. The van der Waals surface area contributed by atoms with Crippen LogP contribution in [-0.2, 0) is 0 Å². The Kier molecular flexibility index (Phi) is 11.9. The summed E-state index contributed by atoms with van der Waals surface area (Å²) >= 11 is 5.03. The summed E-state index contributed by atoms with van der Waals surface area (Å²) in [5, 5.41) is 9.90. The van der Waals surface area contributed by atoms with Gasteiger partial charge < -0.3 is 5.11 Å². The molecule has 0 fully saturated rings. The Morgan fingerprint density at radius 2 is 1.30 bits per heavy atom. The first-order valence-electron chi connectivity index (χ1n) is 9.53. The van der Waals surface area contributed by atoms with Gasteiger partial charge in [-0.25, -0.2) is 0 Å². The number of benzene rings is 1. The van der Waals surface area contributed by atoms with Crippen LogP contribution in [0.3, 0.4) is 0 Å². The van der Waals surface area contributed by atoms with Crippen molar-refractivity contribution >= 4 is 17.3 Å². The van der Waals surface area contributed by atoms with Crippen LogP contribution in [0.25, 0.3) is 0 Å². The van der Waals surface area contributed by atoms with Gasteiger partial charge in [-0.2, -0.15) is 0 Å². The van der Waals surface area contributed by atoms with E-state index in [1.54, 1.807) is 0 Å². The summed E-state index contributed by atoms with van der Waals surface area (Å²) in [7, 11) is 0. The van der Waals surface area contributed by atoms with E-state index in [0.29, 0.717) is 0 Å². The number of unbranched alkanes of at least 4 members (excludes halogenated alkanes) is 10. The average Bonchev–Trinajstić information content (AvgIpc) is 2.56. The van der Waals surface area contributed by atoms with Crippen molar-refractivity contribution < 1.29 is 5.11 Å². The molecule has 0 radical (unpaired) electrons. The van der Waals surface area contributed by atoms with Gasteiger partial charge in [0.15, 0.2) is 5.05 Å². The third kappa shape index (κ3) is 9.76. The second-order valence-electron chi connectivity index (χ2n) is 6.63. The predicted octanol–water partition coefficient (Wildman–Crippen LogP) is 7.36. The molecule has 0 saturated carbocycles. The molecular weight excluding hydrogens is 300 g/mol. The standard InChI is InChI=1S/C21H34OS/c1-2-3-4-5-6-7-8-9-10-11-15-18-20(21(22)23)19-16-13-12-14-17-19/h12-14,16-17,20H,2-11,15,18H2,1H3,(H,22,23). The second-order valence-corrected chi connectivity index (χ2v) is 7.04. The van der Waals surface area contributed by atoms with Gasteiger partial charge in [-0.05, 0) is 24.2 Å². The van der Waals surface area contributed by atoms with Crippen LogP contribution in [0.4, 0.5) is 0 Å². The molecule has 1 aromatic carbocycles. The van der Waals surface area contributed by atoms with Gasteiger partial charge >= 0.3 is 0 Å². The highest BCUT2D eigenvalue weighted by atomic mass is 32.1. The van der Waals surface area contributed by atoms with Crippen LogP contribution in [0.1, 0.15) is 95.5 Å². The van der Waals surface area contributed by atoms with E-state index in [0.717, 1.165) is 18.4 Å². The molecule has 2 heteroatoms. The average molecular weight is 335 g/mol. The van der Waals surface area contributed by atoms with E-state index in [1.165, 1.54) is 64.2 Å². The van der Waals surface area contributed by atoms with E-state index in [4.69, 9.17) is 12.2 Å². The van der Waals surface area contributed by atoms with Gasteiger partial charge in [0.25, 0.3) is 0 Å². The lowest BCUT2D eigenvalue weighted by molar-refractivity contribution is 0.503. The van der Waals surface area contributed by atoms with E-state index < -0.39 is 0 Å². The highest BCUT2D eigenvalue weighted by Crippen LogP contribution is 2.24. The molecule has 1 unspecified atom stereocenters. The molecule has 23 heavy (non-hydrogen) atoms. The monoisotopic (exact) mass is 334 g/mol. The first-order chi connectivity index (χ1) is 11.3. The van der Waals surface area contributed by atoms with E-state index in [1.807, 2.05) is 18.2 Å². The van der Waals surface area contributed by atoms with Crippen LogP contribution in [0.2, 0.25) is 0 Å². The minimum atomic E-state index is 0.0322. The van der Waals surface area contributed by atoms with Crippen LogP contribution in [0.15, 0.2) is 30.3 Å². The predicted molar refractivity (Wildman–Crippen MR) is 105 cm³/mol. The van der Waals surface area contributed by atoms with Crippen molar-refractivity contribution in [1.82, 2.24) is 0 Å². The molecule has 1 N–H and O–H groups in total. The lowest BCUT2D eigenvalue weighted by atomic mass is 9.93. The zero-order valence-electron chi connectivity index (χ0n) is 14.8. The van der Waals surface area contributed by atoms with Gasteiger partial charge in [-0.1, -0.05) is 108 Å². The zero-order valence-corrected chi connectivity index (χ0v) is 15.6. The van der Waals surface area contributed by atoms with E-state index in [9.17, 15) is 5.11 Å². The number of hydrogen-bond donors (Lipinski definition) is 1. The third-order valence-electron chi connectivity index (χ3n) is 4.60. The first-order valence-corrected chi connectivity index (χ1v) is 9.94. The van der Waals surface area contributed by atoms with Gasteiger partial charge in [-0.3, -0.25) is 0 Å². The van der Waals surface area contributed by atoms with Crippen LogP contribution >= 0.6 is 12.2 Å². The van der Waals surface area contributed by atoms with Crippen molar-refractivity contribution in [2.24, 2.45) is 0 Å². The van der Waals surface area contributed by atoms with Crippen molar-refractivity contribution in [1.29, 1.82) is 0 Å². The lowest BCUT2D eigenvalue weighted by Gasteiger charge is -2.14. The lowest BCUT2D eigenvalue weighted by Crippen LogP contribution is -2.09. The van der Waals surface area contributed by atoms with Crippen LogP contribution in [-0.4, -0.2) is 10.2 Å². The summed E-state index contributed by atoms with van der Waals surface area (Å²) in [6.45, 7) is 2.27. The molecule has 1 rings (SSSR count). The topological polar surface area (TPSA) is 20.2 Å². The molecule has 0 amide bonds. The molecule has 0 aliphatic heterocycles. The molecule has 0 aliphatic rings. The maximum absolute atomic E-state index is 9.76. The molecule has 0 bridgehead atoms. The van der Waals surface area contributed by atoms with Crippen LogP contribution in [0, 0.1) is 0 Å². The Labute approximate surface area is 148 Å². The first kappa shape index (κ1) is 20.2. The molecule has 1 atom stereocenters. The quantitative estimate of drug-likeness (QED) is 0.283. The number of rotatable bonds is 14. The summed E-state index contributed by atoms with van der Waals surface area (Å²) < 4.78 is 0. The van der Waals surface area contributed by atoms with Gasteiger partial charge in [0.2, 0.25) is 0 Å². The Morgan fingerprint density at radius 1 is 0.826 bits per heavy atom. The van der Waals surface area contributed by atoms with Gasteiger partial charge in [-0.15, -0.1) is 0 Å². The van der Waals surface area contributed by atoms with Crippen LogP contribution < -0.4 is 0 Å². The van der Waals surface area contributed by atoms with Crippen molar-refractivity contribution in [2.45, 2.75) is 89.9 Å². The third-order valence-corrected chi connectivity index (χ3v) is 4.88. The molecule has 0 aromatic heterocycles.